The molecule has 5 nitrogen and oxygen atoms in total. The number of carbonyl (C=O) groups excluding carboxylic acids is 1. The van der Waals surface area contributed by atoms with E-state index in [9.17, 15) is 9.18 Å². The number of H-pyrrole nitrogens is 1. The second-order valence-corrected chi connectivity index (χ2v) is 6.44. The van der Waals surface area contributed by atoms with E-state index >= 15 is 0 Å². The van der Waals surface area contributed by atoms with Crippen molar-refractivity contribution in [3.8, 4) is 11.3 Å². The van der Waals surface area contributed by atoms with Gasteiger partial charge in [-0.25, -0.2) is 4.39 Å². The summed E-state index contributed by atoms with van der Waals surface area (Å²) < 4.78 is 19.5. The van der Waals surface area contributed by atoms with Gasteiger partial charge < -0.3 is 9.73 Å². The summed E-state index contributed by atoms with van der Waals surface area (Å²) in [7, 11) is 0. The molecule has 3 aromatic carbocycles. The van der Waals surface area contributed by atoms with Crippen molar-refractivity contribution in [2.24, 2.45) is 0 Å². The zero-order valence-corrected chi connectivity index (χ0v) is 14.6. The number of halogens is 1. The quantitative estimate of drug-likeness (QED) is 0.448. The first-order valence-electron chi connectivity index (χ1n) is 8.71. The van der Waals surface area contributed by atoms with E-state index in [4.69, 9.17) is 4.42 Å². The molecule has 0 saturated heterocycles. The Morgan fingerprint density at radius 2 is 1.86 bits per heavy atom. The molecule has 2 heterocycles. The number of amides is 1. The maximum Gasteiger partial charge on any atom is 0.291 e. The van der Waals surface area contributed by atoms with Crippen molar-refractivity contribution < 1.29 is 13.6 Å². The monoisotopic (exact) mass is 371 g/mol. The minimum absolute atomic E-state index is 0.0670. The van der Waals surface area contributed by atoms with Gasteiger partial charge in [0, 0.05) is 17.0 Å². The van der Waals surface area contributed by atoms with Gasteiger partial charge in [0.1, 0.15) is 5.82 Å². The zero-order valence-electron chi connectivity index (χ0n) is 14.6. The average molecular weight is 371 g/mol. The smallest absolute Gasteiger partial charge is 0.291 e. The number of hydrogen-bond acceptors (Lipinski definition) is 3. The fourth-order valence-electron chi connectivity index (χ4n) is 3.28. The molecule has 0 aliphatic rings. The maximum atomic E-state index is 14.4. The van der Waals surface area contributed by atoms with Crippen LogP contribution in [0.5, 0.6) is 0 Å². The number of nitrogens with zero attached hydrogens (tertiary/aromatic N) is 1. The van der Waals surface area contributed by atoms with Crippen molar-refractivity contribution >= 4 is 33.3 Å². The molecule has 0 bridgehead atoms. The van der Waals surface area contributed by atoms with E-state index in [0.717, 1.165) is 16.3 Å². The third-order valence-electron chi connectivity index (χ3n) is 4.67. The molecule has 5 rings (SSSR count). The lowest BCUT2D eigenvalue weighted by molar-refractivity contribution is 0.0996. The molecule has 6 heteroatoms. The number of rotatable bonds is 3. The lowest BCUT2D eigenvalue weighted by atomic mass is 10.0. The van der Waals surface area contributed by atoms with Crippen molar-refractivity contribution in [2.45, 2.75) is 0 Å². The molecule has 0 atom stereocenters. The number of carbonyl (C=O) groups is 1. The Kier molecular flexibility index (Phi) is 3.69. The largest absolute Gasteiger partial charge is 0.459 e. The van der Waals surface area contributed by atoms with Crippen molar-refractivity contribution in [1.29, 1.82) is 0 Å². The van der Waals surface area contributed by atoms with Crippen molar-refractivity contribution in [2.75, 3.05) is 5.32 Å². The molecule has 28 heavy (non-hydrogen) atoms. The van der Waals surface area contributed by atoms with Crippen LogP contribution in [-0.4, -0.2) is 16.1 Å². The molecule has 2 aromatic heterocycles. The van der Waals surface area contributed by atoms with Crippen LogP contribution in [0.1, 0.15) is 10.6 Å². The normalized spacial score (nSPS) is 11.2. The van der Waals surface area contributed by atoms with Crippen LogP contribution in [0.3, 0.4) is 0 Å². The fourth-order valence-corrected chi connectivity index (χ4v) is 3.28. The minimum atomic E-state index is -0.555. The number of aromatic nitrogens is 2. The third-order valence-corrected chi connectivity index (χ3v) is 4.67. The number of furan rings is 1. The highest BCUT2D eigenvalue weighted by Crippen LogP contribution is 2.32. The summed E-state index contributed by atoms with van der Waals surface area (Å²) in [4.78, 5) is 12.2. The topological polar surface area (TPSA) is 70.9 Å². The Balaban J connectivity index is 1.59. The number of hydrogen-bond donors (Lipinski definition) is 2. The standard InChI is InChI=1S/C22H14FN3O2/c23-17-12-18-16(11-19(17)24-22(27)20-6-3-9-28-20)21(26-25-18)15-8-7-13-4-1-2-5-14(13)10-15/h1-12H,(H,24,27)(H,25,26). The number of anilines is 1. The van der Waals surface area contributed by atoms with Gasteiger partial charge in [-0.15, -0.1) is 0 Å². The highest BCUT2D eigenvalue weighted by atomic mass is 19.1. The van der Waals surface area contributed by atoms with Gasteiger partial charge in [-0.1, -0.05) is 36.4 Å². The van der Waals surface area contributed by atoms with E-state index in [-0.39, 0.29) is 11.4 Å². The second-order valence-electron chi connectivity index (χ2n) is 6.44. The fraction of sp³-hybridized carbons (Fsp3) is 0. The molecule has 0 aliphatic carbocycles. The molecule has 0 spiro atoms. The first-order chi connectivity index (χ1) is 13.7. The molecule has 0 unspecified atom stereocenters. The van der Waals surface area contributed by atoms with Crippen LogP contribution < -0.4 is 5.32 Å². The summed E-state index contributed by atoms with van der Waals surface area (Å²) in [5, 5.41) is 12.7. The number of aromatic amines is 1. The van der Waals surface area contributed by atoms with E-state index in [1.807, 2.05) is 42.5 Å². The number of benzene rings is 3. The molecular formula is C22H14FN3O2. The molecule has 0 radical (unpaired) electrons. The van der Waals surface area contributed by atoms with Crippen molar-refractivity contribution in [3.63, 3.8) is 0 Å². The van der Waals surface area contributed by atoms with Crippen LogP contribution in [0.4, 0.5) is 10.1 Å². The predicted octanol–water partition coefficient (Wildman–Crippen LogP) is 5.37. The first kappa shape index (κ1) is 16.3. The summed E-state index contributed by atoms with van der Waals surface area (Å²) >= 11 is 0. The third kappa shape index (κ3) is 2.72. The summed E-state index contributed by atoms with van der Waals surface area (Å²) in [5.41, 5.74) is 2.21. The minimum Gasteiger partial charge on any atom is -0.459 e. The van der Waals surface area contributed by atoms with Crippen molar-refractivity contribution in [1.82, 2.24) is 10.2 Å². The Bertz CT molecular complexity index is 1320. The van der Waals surface area contributed by atoms with Crippen LogP contribution in [-0.2, 0) is 0 Å². The van der Waals surface area contributed by atoms with E-state index in [2.05, 4.69) is 15.5 Å². The van der Waals surface area contributed by atoms with E-state index in [0.29, 0.717) is 16.6 Å². The summed E-state index contributed by atoms with van der Waals surface area (Å²) in [6.07, 6.45) is 1.39. The lowest BCUT2D eigenvalue weighted by Gasteiger charge is -2.06. The summed E-state index contributed by atoms with van der Waals surface area (Å²) in [6, 6.07) is 20.1. The van der Waals surface area contributed by atoms with Gasteiger partial charge in [-0.2, -0.15) is 5.10 Å². The summed E-state index contributed by atoms with van der Waals surface area (Å²) in [5.74, 6) is -0.957. The average Bonchev–Trinajstić information content (AvgIpc) is 3.38. The molecule has 1 amide bonds. The highest BCUT2D eigenvalue weighted by Gasteiger charge is 2.16. The Hall–Kier alpha value is -3.93. The predicted molar refractivity (Wildman–Crippen MR) is 106 cm³/mol. The van der Waals surface area contributed by atoms with E-state index in [1.165, 1.54) is 18.4 Å². The van der Waals surface area contributed by atoms with Gasteiger partial charge in [0.25, 0.3) is 5.91 Å². The van der Waals surface area contributed by atoms with E-state index in [1.54, 1.807) is 12.1 Å². The lowest BCUT2D eigenvalue weighted by Crippen LogP contribution is -2.12. The van der Waals surface area contributed by atoms with Gasteiger partial charge in [-0.05, 0) is 35.0 Å². The molecule has 0 fully saturated rings. The van der Waals surface area contributed by atoms with Crippen LogP contribution in [0.25, 0.3) is 32.9 Å². The molecule has 0 aliphatic heterocycles. The molecule has 5 aromatic rings. The van der Waals surface area contributed by atoms with E-state index < -0.39 is 11.7 Å². The van der Waals surface area contributed by atoms with Crippen LogP contribution >= 0.6 is 0 Å². The molecular weight excluding hydrogens is 357 g/mol. The van der Waals surface area contributed by atoms with Gasteiger partial charge in [-0.3, -0.25) is 9.89 Å². The van der Waals surface area contributed by atoms with Crippen LogP contribution in [0.2, 0.25) is 0 Å². The second kappa shape index (κ2) is 6.35. The Morgan fingerprint density at radius 1 is 1.00 bits per heavy atom. The van der Waals surface area contributed by atoms with Crippen molar-refractivity contribution in [3.05, 3.63) is 84.6 Å². The van der Waals surface area contributed by atoms with Gasteiger partial charge in [0.05, 0.1) is 23.2 Å². The first-order valence-corrected chi connectivity index (χ1v) is 8.71. The number of nitrogens with one attached hydrogen (secondary N) is 2. The molecule has 2 N–H and O–H groups in total. The van der Waals surface area contributed by atoms with Crippen LogP contribution in [0.15, 0.2) is 77.4 Å². The highest BCUT2D eigenvalue weighted by molar-refractivity contribution is 6.04. The summed E-state index contributed by atoms with van der Waals surface area (Å²) in [6.45, 7) is 0. The number of fused-ring (bicyclic) bond motifs is 2. The van der Waals surface area contributed by atoms with Gasteiger partial charge in [0.2, 0.25) is 0 Å². The zero-order chi connectivity index (χ0) is 19.1. The SMILES string of the molecule is O=C(Nc1cc2c(-c3ccc4ccccc4c3)n[nH]c2cc1F)c1ccco1. The Morgan fingerprint density at radius 3 is 2.68 bits per heavy atom. The van der Waals surface area contributed by atoms with Gasteiger partial charge >= 0.3 is 0 Å². The Labute approximate surface area is 158 Å². The molecule has 0 saturated carbocycles. The van der Waals surface area contributed by atoms with Gasteiger partial charge in [0.15, 0.2) is 5.76 Å². The van der Waals surface area contributed by atoms with Crippen LogP contribution in [0, 0.1) is 5.82 Å². The molecule has 136 valence electrons. The maximum absolute atomic E-state index is 14.4.